The van der Waals surface area contributed by atoms with Crippen molar-refractivity contribution in [3.8, 4) is 11.5 Å². The molecule has 0 aromatic heterocycles. The summed E-state index contributed by atoms with van der Waals surface area (Å²) >= 11 is 3.39. The molecule has 0 saturated carbocycles. The van der Waals surface area contributed by atoms with Crippen LogP contribution in [0.2, 0.25) is 0 Å². The lowest BCUT2D eigenvalue weighted by atomic mass is 10.2. The Kier molecular flexibility index (Phi) is 7.95. The Bertz CT molecular complexity index is 748. The molecule has 6 nitrogen and oxygen atoms in total. The molecule has 0 fully saturated rings. The number of carbonyl (C=O) groups excluding carboxylic acids is 1. The van der Waals surface area contributed by atoms with E-state index in [0.717, 1.165) is 15.7 Å². The highest BCUT2D eigenvalue weighted by Gasteiger charge is 2.03. The summed E-state index contributed by atoms with van der Waals surface area (Å²) in [7, 11) is 0. The number of aromatic hydroxyl groups is 1. The van der Waals surface area contributed by atoms with Gasteiger partial charge >= 0.3 is 0 Å². The van der Waals surface area contributed by atoms with Crippen LogP contribution in [-0.2, 0) is 4.79 Å². The van der Waals surface area contributed by atoms with E-state index in [1.165, 1.54) is 12.3 Å². The Balaban J connectivity index is 1.70. The normalized spacial score (nSPS) is 10.7. The average molecular weight is 420 g/mol. The summed E-state index contributed by atoms with van der Waals surface area (Å²) in [5.41, 5.74) is 4.24. The highest BCUT2D eigenvalue weighted by molar-refractivity contribution is 9.10. The Morgan fingerprint density at radius 3 is 2.77 bits per heavy atom. The zero-order valence-electron chi connectivity index (χ0n) is 14.5. The second kappa shape index (κ2) is 10.5. The van der Waals surface area contributed by atoms with E-state index >= 15 is 0 Å². The molecule has 138 valence electrons. The fraction of sp³-hybridized carbons (Fsp3) is 0.263. The number of phenols is 1. The van der Waals surface area contributed by atoms with Crippen LogP contribution >= 0.6 is 15.9 Å². The van der Waals surface area contributed by atoms with Gasteiger partial charge < -0.3 is 15.2 Å². The molecule has 0 atom stereocenters. The van der Waals surface area contributed by atoms with Crippen LogP contribution in [0.3, 0.4) is 0 Å². The van der Waals surface area contributed by atoms with Crippen LogP contribution in [0, 0.1) is 0 Å². The molecule has 1 amide bonds. The van der Waals surface area contributed by atoms with Gasteiger partial charge in [-0.1, -0.05) is 15.9 Å². The summed E-state index contributed by atoms with van der Waals surface area (Å²) in [5, 5.41) is 16.8. The first-order valence-corrected chi connectivity index (χ1v) is 9.15. The van der Waals surface area contributed by atoms with Crippen molar-refractivity contribution in [2.45, 2.75) is 19.8 Å². The van der Waals surface area contributed by atoms with Crippen molar-refractivity contribution in [1.82, 2.24) is 5.43 Å². The number of ether oxygens (including phenoxy) is 1. The van der Waals surface area contributed by atoms with E-state index in [4.69, 9.17) is 4.74 Å². The summed E-state index contributed by atoms with van der Waals surface area (Å²) in [4.78, 5) is 11.8. The number of nitrogens with one attached hydrogen (secondary N) is 2. The standard InChI is InChI=1S/C19H22BrN3O3/c1-2-26-18-12-14(5-10-17(18)24)13-22-23-19(25)4-3-11-21-16-8-6-15(20)7-9-16/h5-10,12-13,21,24H,2-4,11H2,1H3,(H,23,25)/b22-13-. The Labute approximate surface area is 161 Å². The minimum Gasteiger partial charge on any atom is -0.504 e. The molecule has 0 aliphatic carbocycles. The molecule has 0 aliphatic rings. The lowest BCUT2D eigenvalue weighted by molar-refractivity contribution is -0.121. The van der Waals surface area contributed by atoms with Gasteiger partial charge in [-0.05, 0) is 61.4 Å². The van der Waals surface area contributed by atoms with Gasteiger partial charge in [0, 0.05) is 23.1 Å². The molecule has 0 heterocycles. The van der Waals surface area contributed by atoms with E-state index in [9.17, 15) is 9.90 Å². The molecule has 2 rings (SSSR count). The minimum atomic E-state index is -0.150. The summed E-state index contributed by atoms with van der Waals surface area (Å²) in [6, 6.07) is 12.8. The third kappa shape index (κ3) is 6.76. The van der Waals surface area contributed by atoms with Crippen LogP contribution < -0.4 is 15.5 Å². The maximum atomic E-state index is 11.8. The Hall–Kier alpha value is -2.54. The first-order valence-electron chi connectivity index (χ1n) is 8.35. The Morgan fingerprint density at radius 1 is 1.27 bits per heavy atom. The topological polar surface area (TPSA) is 83.0 Å². The van der Waals surface area contributed by atoms with Crippen molar-refractivity contribution >= 4 is 33.7 Å². The molecule has 3 N–H and O–H groups in total. The predicted octanol–water partition coefficient (Wildman–Crippen LogP) is 3.90. The molecule has 0 radical (unpaired) electrons. The largest absolute Gasteiger partial charge is 0.504 e. The van der Waals surface area contributed by atoms with Crippen LogP contribution in [-0.4, -0.2) is 30.4 Å². The third-order valence-corrected chi connectivity index (χ3v) is 3.97. The molecule has 0 saturated heterocycles. The van der Waals surface area contributed by atoms with Crippen LogP contribution in [0.15, 0.2) is 52.0 Å². The number of amides is 1. The van der Waals surface area contributed by atoms with E-state index in [1.807, 2.05) is 31.2 Å². The van der Waals surface area contributed by atoms with Gasteiger partial charge in [0.1, 0.15) is 0 Å². The number of rotatable bonds is 9. The van der Waals surface area contributed by atoms with E-state index in [-0.39, 0.29) is 11.7 Å². The van der Waals surface area contributed by atoms with Crippen LogP contribution in [0.1, 0.15) is 25.3 Å². The third-order valence-electron chi connectivity index (χ3n) is 3.44. The molecular formula is C19H22BrN3O3. The van der Waals surface area contributed by atoms with Crippen molar-refractivity contribution < 1.29 is 14.6 Å². The minimum absolute atomic E-state index is 0.0753. The molecule has 0 spiro atoms. The summed E-state index contributed by atoms with van der Waals surface area (Å²) < 4.78 is 6.33. The zero-order valence-corrected chi connectivity index (χ0v) is 16.1. The van der Waals surface area contributed by atoms with Gasteiger partial charge in [-0.2, -0.15) is 5.10 Å². The fourth-order valence-electron chi connectivity index (χ4n) is 2.17. The quantitative estimate of drug-likeness (QED) is 0.327. The van der Waals surface area contributed by atoms with Crippen LogP contribution in [0.25, 0.3) is 0 Å². The number of halogens is 1. The molecule has 7 heteroatoms. The number of hydrogen-bond donors (Lipinski definition) is 3. The van der Waals surface area contributed by atoms with Gasteiger partial charge in [-0.15, -0.1) is 0 Å². The SMILES string of the molecule is CCOc1cc(/C=N\NC(=O)CCCNc2ccc(Br)cc2)ccc1O. The van der Waals surface area contributed by atoms with E-state index in [0.29, 0.717) is 31.7 Å². The van der Waals surface area contributed by atoms with Gasteiger partial charge in [-0.3, -0.25) is 4.79 Å². The average Bonchev–Trinajstić information content (AvgIpc) is 2.63. The zero-order chi connectivity index (χ0) is 18.8. The number of nitrogens with zero attached hydrogens (tertiary/aromatic N) is 1. The van der Waals surface area contributed by atoms with E-state index in [2.05, 4.69) is 31.8 Å². The van der Waals surface area contributed by atoms with Gasteiger partial charge in [0.15, 0.2) is 11.5 Å². The molecule has 0 bridgehead atoms. The number of hydrazone groups is 1. The number of benzene rings is 2. The lowest BCUT2D eigenvalue weighted by Crippen LogP contribution is -2.18. The predicted molar refractivity (Wildman–Crippen MR) is 107 cm³/mol. The van der Waals surface area contributed by atoms with Gasteiger partial charge in [-0.25, -0.2) is 5.43 Å². The van der Waals surface area contributed by atoms with Crippen molar-refractivity contribution in [1.29, 1.82) is 0 Å². The first-order chi connectivity index (χ1) is 12.6. The molecule has 0 unspecified atom stereocenters. The molecule has 0 aliphatic heterocycles. The van der Waals surface area contributed by atoms with Crippen molar-refractivity contribution in [3.05, 3.63) is 52.5 Å². The van der Waals surface area contributed by atoms with Crippen molar-refractivity contribution in [3.63, 3.8) is 0 Å². The molecule has 26 heavy (non-hydrogen) atoms. The van der Waals surface area contributed by atoms with Crippen molar-refractivity contribution in [2.24, 2.45) is 5.10 Å². The molecular weight excluding hydrogens is 398 g/mol. The number of phenolic OH excluding ortho intramolecular Hbond substituents is 1. The number of carbonyl (C=O) groups is 1. The second-order valence-corrected chi connectivity index (χ2v) is 6.41. The molecule has 2 aromatic carbocycles. The summed E-state index contributed by atoms with van der Waals surface area (Å²) in [6.07, 6.45) is 2.59. The van der Waals surface area contributed by atoms with E-state index in [1.54, 1.807) is 12.1 Å². The monoisotopic (exact) mass is 419 g/mol. The smallest absolute Gasteiger partial charge is 0.240 e. The maximum absolute atomic E-state index is 11.8. The fourth-order valence-corrected chi connectivity index (χ4v) is 2.43. The maximum Gasteiger partial charge on any atom is 0.240 e. The number of anilines is 1. The van der Waals surface area contributed by atoms with Gasteiger partial charge in [0.2, 0.25) is 5.91 Å². The van der Waals surface area contributed by atoms with E-state index < -0.39 is 0 Å². The molecule has 2 aromatic rings. The Morgan fingerprint density at radius 2 is 2.04 bits per heavy atom. The van der Waals surface area contributed by atoms with Crippen LogP contribution in [0.4, 0.5) is 5.69 Å². The highest BCUT2D eigenvalue weighted by atomic mass is 79.9. The number of hydrogen-bond acceptors (Lipinski definition) is 5. The highest BCUT2D eigenvalue weighted by Crippen LogP contribution is 2.26. The summed E-state index contributed by atoms with van der Waals surface area (Å²) in [5.74, 6) is 0.316. The first kappa shape index (κ1) is 19.8. The lowest BCUT2D eigenvalue weighted by Gasteiger charge is -2.06. The van der Waals surface area contributed by atoms with Crippen molar-refractivity contribution in [2.75, 3.05) is 18.5 Å². The second-order valence-electron chi connectivity index (χ2n) is 5.49. The van der Waals surface area contributed by atoms with Gasteiger partial charge in [0.05, 0.1) is 12.8 Å². The summed E-state index contributed by atoms with van der Waals surface area (Å²) in [6.45, 7) is 3.00. The van der Waals surface area contributed by atoms with Crippen LogP contribution in [0.5, 0.6) is 11.5 Å². The van der Waals surface area contributed by atoms with Gasteiger partial charge in [0.25, 0.3) is 0 Å².